The van der Waals surface area contributed by atoms with Gasteiger partial charge in [0.05, 0.1) is 45.5 Å². The molecular formula is C84H60N6O2. The first-order valence-corrected chi connectivity index (χ1v) is 31.7. The number of aromatic amines is 2. The molecule has 2 aromatic heterocycles. The number of fused-ring (bicyclic) bond motifs is 15. The van der Waals surface area contributed by atoms with Gasteiger partial charge in [-0.2, -0.15) is 0 Å². The number of para-hydroxylation sites is 8. The second-order valence-corrected chi connectivity index (χ2v) is 25.9. The van der Waals surface area contributed by atoms with Gasteiger partial charge in [0.15, 0.2) is 23.0 Å². The van der Waals surface area contributed by atoms with Crippen LogP contribution in [0.2, 0.25) is 0 Å². The van der Waals surface area contributed by atoms with Crippen molar-refractivity contribution in [2.75, 3.05) is 19.6 Å². The number of hydrogen-bond acceptors (Lipinski definition) is 6. The second-order valence-electron chi connectivity index (χ2n) is 25.9. The standard InChI is InChI=1S/C84H60N6O2/c1-83(2)61-18-6-10-22-69(61)87(70-23-11-7-19-62(70)83)55-33-35-56(36-34-55)88-71-24-12-8-20-63(71)84(3,4)64-42-30-52(48-75(64)88)54-31-45-74-80(50-54)92-78-28-16-13-25-72(78)89(74)57-37-39-58(40-38-57)90-73-26-14-15-27-77(73)91-79-46-32-53(49-76(79)90)51-29-41-60-68(47-51)86-67-44-43-66-81(82(60)67)59-17-5-9-21-65(59)85-66/h5-50,85-86H,1-4H3. The van der Waals surface area contributed by atoms with Crippen LogP contribution in [0.5, 0.6) is 23.0 Å². The zero-order valence-electron chi connectivity index (χ0n) is 51.2. The molecule has 0 radical (unpaired) electrons. The van der Waals surface area contributed by atoms with Crippen LogP contribution >= 0.6 is 0 Å². The maximum absolute atomic E-state index is 6.92. The zero-order valence-corrected chi connectivity index (χ0v) is 51.2. The molecule has 15 aromatic rings. The summed E-state index contributed by atoms with van der Waals surface area (Å²) in [7, 11) is 0. The summed E-state index contributed by atoms with van der Waals surface area (Å²) < 4.78 is 13.6. The Morgan fingerprint density at radius 2 is 0.620 bits per heavy atom. The molecule has 13 aromatic carbocycles. The Morgan fingerprint density at radius 3 is 1.21 bits per heavy atom. The zero-order chi connectivity index (χ0) is 61.1. The van der Waals surface area contributed by atoms with Crippen molar-refractivity contribution in [3.05, 3.63) is 301 Å². The largest absolute Gasteiger partial charge is 0.453 e. The van der Waals surface area contributed by atoms with Crippen LogP contribution in [-0.2, 0) is 10.8 Å². The van der Waals surface area contributed by atoms with E-state index in [1.54, 1.807) is 0 Å². The minimum absolute atomic E-state index is 0.136. The third-order valence-corrected chi connectivity index (χ3v) is 20.0. The smallest absolute Gasteiger partial charge is 0.152 e. The summed E-state index contributed by atoms with van der Waals surface area (Å²) in [5.74, 6) is 3.17. The summed E-state index contributed by atoms with van der Waals surface area (Å²) in [5.41, 5.74) is 26.5. The van der Waals surface area contributed by atoms with Crippen LogP contribution in [-0.4, -0.2) is 9.97 Å². The van der Waals surface area contributed by atoms with Crippen molar-refractivity contribution >= 4 is 112 Å². The van der Waals surface area contributed by atoms with Gasteiger partial charge >= 0.3 is 0 Å². The van der Waals surface area contributed by atoms with E-state index in [-0.39, 0.29) is 10.8 Å². The molecule has 0 saturated carbocycles. The van der Waals surface area contributed by atoms with E-state index < -0.39 is 0 Å². The van der Waals surface area contributed by atoms with Gasteiger partial charge in [-0.1, -0.05) is 161 Å². The van der Waals surface area contributed by atoms with Crippen LogP contribution in [0.4, 0.5) is 68.2 Å². The summed E-state index contributed by atoms with van der Waals surface area (Å²) in [4.78, 5) is 16.9. The fourth-order valence-corrected chi connectivity index (χ4v) is 15.6. The van der Waals surface area contributed by atoms with Crippen LogP contribution in [0.15, 0.2) is 279 Å². The molecule has 0 spiro atoms. The van der Waals surface area contributed by atoms with Crippen LogP contribution in [0.3, 0.4) is 0 Å². The normalized spacial score (nSPS) is 14.6. The second kappa shape index (κ2) is 19.4. The Hall–Kier alpha value is -11.7. The highest BCUT2D eigenvalue weighted by atomic mass is 16.5. The van der Waals surface area contributed by atoms with Gasteiger partial charge in [0.1, 0.15) is 0 Å². The minimum atomic E-state index is -0.257. The Morgan fingerprint density at radius 1 is 0.250 bits per heavy atom. The van der Waals surface area contributed by atoms with Gasteiger partial charge in [0.25, 0.3) is 0 Å². The molecular weight excluding hydrogens is 1120 g/mol. The number of aromatic nitrogens is 2. The molecule has 0 aliphatic carbocycles. The van der Waals surface area contributed by atoms with Gasteiger partial charge in [-0.15, -0.1) is 0 Å². The number of anilines is 12. The SMILES string of the molecule is CC1(C)c2ccccc2N(c2ccc(N3c4ccccc4C(C)(C)c4ccc(-c5ccc6c(c5)Oc5ccccc5N6c5ccc(N6c7ccccc7Oc7ccc(-c8ccc9c(c8)[nH]c8ccc%10[nH]c%11ccccc%11c%10c89)cc76)cc5)cc43)cc2)c2ccccc21. The fourth-order valence-electron chi connectivity index (χ4n) is 15.6. The van der Waals surface area contributed by atoms with Crippen molar-refractivity contribution in [3.8, 4) is 45.3 Å². The Labute approximate surface area is 533 Å². The molecule has 4 aliphatic heterocycles. The first kappa shape index (κ1) is 52.2. The number of hydrogen-bond donors (Lipinski definition) is 2. The average molecular weight is 1190 g/mol. The molecule has 438 valence electrons. The number of nitrogens with zero attached hydrogens (tertiary/aromatic N) is 4. The van der Waals surface area contributed by atoms with Crippen LogP contribution in [0.1, 0.15) is 49.9 Å². The van der Waals surface area contributed by atoms with E-state index in [1.165, 1.54) is 60.9 Å². The van der Waals surface area contributed by atoms with Crippen molar-refractivity contribution in [2.45, 2.75) is 38.5 Å². The van der Waals surface area contributed by atoms with Gasteiger partial charge in [-0.05, 0) is 190 Å². The Balaban J connectivity index is 0.665. The predicted molar refractivity (Wildman–Crippen MR) is 379 cm³/mol. The lowest BCUT2D eigenvalue weighted by Crippen LogP contribution is -2.31. The highest BCUT2D eigenvalue weighted by molar-refractivity contribution is 6.27. The number of ether oxygens (including phenoxy) is 2. The average Bonchev–Trinajstić information content (AvgIpc) is 0.913. The van der Waals surface area contributed by atoms with Crippen molar-refractivity contribution in [3.63, 3.8) is 0 Å². The monoisotopic (exact) mass is 1180 g/mol. The number of benzene rings is 13. The summed E-state index contributed by atoms with van der Waals surface area (Å²) in [6.07, 6.45) is 0. The highest BCUT2D eigenvalue weighted by Gasteiger charge is 2.39. The van der Waals surface area contributed by atoms with E-state index in [9.17, 15) is 0 Å². The van der Waals surface area contributed by atoms with Gasteiger partial charge in [0.2, 0.25) is 0 Å². The van der Waals surface area contributed by atoms with E-state index in [1.807, 2.05) is 18.2 Å². The predicted octanol–water partition coefficient (Wildman–Crippen LogP) is 23.7. The van der Waals surface area contributed by atoms with Crippen molar-refractivity contribution in [2.24, 2.45) is 0 Å². The molecule has 4 aliphatic rings. The molecule has 0 unspecified atom stereocenters. The van der Waals surface area contributed by atoms with Gasteiger partial charge in [0, 0.05) is 77.2 Å². The molecule has 0 fully saturated rings. The van der Waals surface area contributed by atoms with Gasteiger partial charge in [-0.25, -0.2) is 0 Å². The van der Waals surface area contributed by atoms with E-state index in [4.69, 9.17) is 9.47 Å². The van der Waals surface area contributed by atoms with Crippen LogP contribution in [0, 0.1) is 0 Å². The van der Waals surface area contributed by atoms with E-state index in [2.05, 4.69) is 318 Å². The van der Waals surface area contributed by atoms with Gasteiger partial charge < -0.3 is 39.0 Å². The van der Waals surface area contributed by atoms with Crippen molar-refractivity contribution in [1.29, 1.82) is 0 Å². The summed E-state index contributed by atoms with van der Waals surface area (Å²) in [5, 5.41) is 4.93. The molecule has 2 N–H and O–H groups in total. The molecule has 92 heavy (non-hydrogen) atoms. The number of nitrogens with one attached hydrogen (secondary N) is 2. The topological polar surface area (TPSA) is 63.0 Å². The molecule has 0 saturated heterocycles. The van der Waals surface area contributed by atoms with E-state index in [0.717, 1.165) is 119 Å². The summed E-state index contributed by atoms with van der Waals surface area (Å²) in [6.45, 7) is 9.38. The molecule has 8 nitrogen and oxygen atoms in total. The highest BCUT2D eigenvalue weighted by Crippen LogP contribution is 2.58. The summed E-state index contributed by atoms with van der Waals surface area (Å²) in [6, 6.07) is 101. The van der Waals surface area contributed by atoms with E-state index in [0.29, 0.717) is 0 Å². The Bertz CT molecular complexity index is 5530. The number of H-pyrrole nitrogens is 2. The quantitative estimate of drug-likeness (QED) is 0.173. The molecule has 8 heteroatoms. The lowest BCUT2D eigenvalue weighted by Gasteiger charge is -2.43. The third-order valence-electron chi connectivity index (χ3n) is 20.0. The lowest BCUT2D eigenvalue weighted by molar-refractivity contribution is 0.476. The molecule has 0 bridgehead atoms. The fraction of sp³-hybridized carbons (Fsp3) is 0.0714. The molecule has 19 rings (SSSR count). The minimum Gasteiger partial charge on any atom is -0.453 e. The summed E-state index contributed by atoms with van der Waals surface area (Å²) >= 11 is 0. The maximum atomic E-state index is 6.92. The molecule has 0 atom stereocenters. The van der Waals surface area contributed by atoms with Crippen LogP contribution in [0.25, 0.3) is 65.9 Å². The van der Waals surface area contributed by atoms with Crippen LogP contribution < -0.4 is 29.1 Å². The van der Waals surface area contributed by atoms with Crippen molar-refractivity contribution in [1.82, 2.24) is 9.97 Å². The molecule has 6 heterocycles. The molecule has 0 amide bonds. The third kappa shape index (κ3) is 7.64. The number of rotatable bonds is 6. The van der Waals surface area contributed by atoms with E-state index >= 15 is 0 Å². The van der Waals surface area contributed by atoms with Crippen molar-refractivity contribution < 1.29 is 9.47 Å². The van der Waals surface area contributed by atoms with Gasteiger partial charge in [-0.3, -0.25) is 0 Å². The maximum Gasteiger partial charge on any atom is 0.152 e. The first-order chi connectivity index (χ1) is 45.1. The lowest BCUT2D eigenvalue weighted by atomic mass is 9.73. The first-order valence-electron chi connectivity index (χ1n) is 31.7. The Kier molecular flexibility index (Phi) is 11.0.